The van der Waals surface area contributed by atoms with E-state index in [0.29, 0.717) is 19.5 Å². The summed E-state index contributed by atoms with van der Waals surface area (Å²) in [5.41, 5.74) is 0. The molecular formula is C66H118N12O13. The third kappa shape index (κ3) is 21.7. The summed E-state index contributed by atoms with van der Waals surface area (Å²) in [6.07, 6.45) is 3.64. The Bertz CT molecular complexity index is 2500. The van der Waals surface area contributed by atoms with Gasteiger partial charge in [0.15, 0.2) is 0 Å². The van der Waals surface area contributed by atoms with Crippen LogP contribution in [0.5, 0.6) is 0 Å². The number of allylic oxidation sites excluding steroid dienone is 2. The fourth-order valence-corrected chi connectivity index (χ4v) is 12.1. The average Bonchev–Trinajstić information content (AvgIpc) is 0.883. The summed E-state index contributed by atoms with van der Waals surface area (Å²) in [5, 5.41) is 23.3. The zero-order valence-electron chi connectivity index (χ0n) is 59.6. The minimum absolute atomic E-state index is 0.00396. The molecule has 2 rings (SSSR count). The quantitative estimate of drug-likeness (QED) is 0.131. The minimum atomic E-state index is -1.63. The lowest BCUT2D eigenvalue weighted by atomic mass is 9.91. The number of nitrogens with one attached hydrogen (secondary N) is 4. The van der Waals surface area contributed by atoms with Gasteiger partial charge in [-0.2, -0.15) is 0 Å². The van der Waals surface area contributed by atoms with E-state index in [1.54, 1.807) is 54.5 Å². The van der Waals surface area contributed by atoms with Crippen LogP contribution in [0.15, 0.2) is 12.2 Å². The average molecular weight is 1290 g/mol. The number of aliphatic hydroxyl groups is 1. The number of methoxy groups -OCH3 is 1. The summed E-state index contributed by atoms with van der Waals surface area (Å²) < 4.78 is 6.04. The first-order valence-electron chi connectivity index (χ1n) is 32.9. The monoisotopic (exact) mass is 1290 g/mol. The van der Waals surface area contributed by atoms with Crippen molar-refractivity contribution in [2.75, 3.05) is 76.1 Å². The van der Waals surface area contributed by atoms with Gasteiger partial charge in [0.05, 0.1) is 12.2 Å². The fourth-order valence-electron chi connectivity index (χ4n) is 12.1. The Balaban J connectivity index is 3.06. The summed E-state index contributed by atoms with van der Waals surface area (Å²) >= 11 is 0. The van der Waals surface area contributed by atoms with Crippen molar-refractivity contribution in [3.63, 3.8) is 0 Å². The summed E-state index contributed by atoms with van der Waals surface area (Å²) in [6.45, 7) is 29.3. The second-order valence-corrected chi connectivity index (χ2v) is 27.5. The molecule has 2 saturated heterocycles. The maximum Gasteiger partial charge on any atom is 0.246 e. The first kappa shape index (κ1) is 80.9. The van der Waals surface area contributed by atoms with Crippen LogP contribution in [0.4, 0.5) is 0 Å². The highest BCUT2D eigenvalue weighted by Crippen LogP contribution is 2.26. The van der Waals surface area contributed by atoms with Gasteiger partial charge in [0.2, 0.25) is 65.0 Å². The van der Waals surface area contributed by atoms with Crippen LogP contribution in [0, 0.1) is 35.5 Å². The van der Waals surface area contributed by atoms with Gasteiger partial charge in [-0.15, -0.1) is 0 Å². The summed E-state index contributed by atoms with van der Waals surface area (Å²) in [7, 11) is 11.3. The van der Waals surface area contributed by atoms with Gasteiger partial charge in [0.1, 0.15) is 66.5 Å². The summed E-state index contributed by atoms with van der Waals surface area (Å²) in [4.78, 5) is 174. The van der Waals surface area contributed by atoms with Crippen LogP contribution in [-0.4, -0.2) is 264 Å². The lowest BCUT2D eigenvalue weighted by molar-refractivity contribution is -0.157. The van der Waals surface area contributed by atoms with Crippen molar-refractivity contribution in [1.29, 1.82) is 0 Å². The minimum Gasteiger partial charge on any atom is -0.390 e. The van der Waals surface area contributed by atoms with Gasteiger partial charge < -0.3 is 70.3 Å². The van der Waals surface area contributed by atoms with E-state index in [1.807, 2.05) is 47.6 Å². The Hall–Kier alpha value is -6.21. The second kappa shape index (κ2) is 36.9. The number of nitrogens with zero attached hydrogens (tertiary/aromatic N) is 8. The smallest absolute Gasteiger partial charge is 0.246 e. The van der Waals surface area contributed by atoms with Gasteiger partial charge in [-0.1, -0.05) is 95.2 Å². The number of amides is 11. The molecule has 11 amide bonds. The van der Waals surface area contributed by atoms with Crippen LogP contribution in [0.25, 0.3) is 0 Å². The maximum absolute atomic E-state index is 15.3. The van der Waals surface area contributed by atoms with Gasteiger partial charge in [0.25, 0.3) is 0 Å². The molecule has 2 aliphatic rings. The number of likely N-dealkylation sites (N-methyl/N-ethyl adjacent to an activating group) is 7. The molecule has 0 spiro atoms. The molecule has 0 aromatic carbocycles. The molecule has 2 fully saturated rings. The van der Waals surface area contributed by atoms with Crippen LogP contribution >= 0.6 is 0 Å². The molecule has 2 heterocycles. The molecule has 0 aromatic rings. The third-order valence-electron chi connectivity index (χ3n) is 18.1. The highest BCUT2D eigenvalue weighted by Gasteiger charge is 2.47. The molecule has 25 nitrogen and oxygen atoms in total. The number of hydrogen-bond acceptors (Lipinski definition) is 14. The van der Waals surface area contributed by atoms with Gasteiger partial charge >= 0.3 is 0 Å². The van der Waals surface area contributed by atoms with E-state index in [0.717, 1.165) is 22.6 Å². The van der Waals surface area contributed by atoms with Crippen molar-refractivity contribution in [2.45, 2.75) is 234 Å². The van der Waals surface area contributed by atoms with Gasteiger partial charge in [-0.3, -0.25) is 52.7 Å². The summed E-state index contributed by atoms with van der Waals surface area (Å²) in [6, 6.07) is -14.1. The van der Waals surface area contributed by atoms with Crippen LogP contribution < -0.4 is 21.3 Å². The van der Waals surface area contributed by atoms with Crippen molar-refractivity contribution in [2.24, 2.45) is 35.5 Å². The predicted molar refractivity (Wildman–Crippen MR) is 350 cm³/mol. The molecule has 520 valence electrons. The first-order valence-corrected chi connectivity index (χ1v) is 32.9. The Morgan fingerprint density at radius 2 is 0.945 bits per heavy atom. The van der Waals surface area contributed by atoms with Crippen LogP contribution in [0.1, 0.15) is 156 Å². The lowest BCUT2D eigenvalue weighted by Gasteiger charge is -2.41. The number of aliphatic hydroxyl groups excluding tert-OH is 1. The number of likely N-dealkylation sites (tertiary alicyclic amines) is 1. The SMILES string of the molecule is C/C=C/C[C@@H](C)[C@@H](O)[C@H]1C(=O)N[C@@H](CC)C(=O)N(C)[C@H](C)C(=O)N(C)[C@@H]([C@H](CN2CCCC2)OC)C(=O)N[C@@H](C(C)C)C(=O)N(C)[C@@H](CC(C)C)C(=O)N[C@@H](C)C(=O)N[C@H](C)C(=O)N(C)[C@@H](CC(C)C)C(=O)N(C)[C@@H](CC(C)C)C(=O)N(C)[C@@H](C(C)C)C(=O)N1C. The topological polar surface area (TPSA) is 291 Å². The molecule has 2 aliphatic heterocycles. The number of rotatable bonds is 17. The van der Waals surface area contributed by atoms with E-state index >= 15 is 24.0 Å². The van der Waals surface area contributed by atoms with E-state index in [2.05, 4.69) is 26.2 Å². The molecule has 5 N–H and O–H groups in total. The Morgan fingerprint density at radius 1 is 0.495 bits per heavy atom. The Labute approximate surface area is 544 Å². The molecule has 91 heavy (non-hydrogen) atoms. The second-order valence-electron chi connectivity index (χ2n) is 27.5. The van der Waals surface area contributed by atoms with Crippen molar-refractivity contribution < 1.29 is 62.6 Å². The van der Waals surface area contributed by atoms with Crippen molar-refractivity contribution in [1.82, 2.24) is 60.5 Å². The molecule has 0 aliphatic carbocycles. The van der Waals surface area contributed by atoms with Gasteiger partial charge in [-0.05, 0) is 121 Å². The zero-order valence-corrected chi connectivity index (χ0v) is 59.6. The highest BCUT2D eigenvalue weighted by molar-refractivity contribution is 6.00. The molecule has 14 atom stereocenters. The normalized spacial score (nSPS) is 28.1. The molecule has 0 saturated carbocycles. The predicted octanol–water partition coefficient (Wildman–Crippen LogP) is 2.72. The molecule has 0 unspecified atom stereocenters. The van der Waals surface area contributed by atoms with E-state index in [-0.39, 0.29) is 50.0 Å². The molecule has 0 radical (unpaired) electrons. The number of ether oxygens (including phenoxy) is 1. The molecular weight excluding hydrogens is 1170 g/mol. The molecule has 25 heteroatoms. The maximum atomic E-state index is 15.3. The largest absolute Gasteiger partial charge is 0.390 e. The van der Waals surface area contributed by atoms with Crippen molar-refractivity contribution in [3.05, 3.63) is 12.2 Å². The Kier molecular flexibility index (Phi) is 32.8. The highest BCUT2D eigenvalue weighted by atomic mass is 16.5. The van der Waals surface area contributed by atoms with Crippen LogP contribution in [0.3, 0.4) is 0 Å². The number of hydrogen-bond donors (Lipinski definition) is 5. The first-order chi connectivity index (χ1) is 42.2. The summed E-state index contributed by atoms with van der Waals surface area (Å²) in [5.74, 6) is -9.96. The fraction of sp³-hybridized carbons (Fsp3) is 0.803. The zero-order chi connectivity index (χ0) is 70.0. The van der Waals surface area contributed by atoms with Crippen LogP contribution in [0.2, 0.25) is 0 Å². The molecule has 0 bridgehead atoms. The van der Waals surface area contributed by atoms with E-state index in [9.17, 15) is 33.9 Å². The standard InChI is InChI=1S/C66H118N12O13/c1-25-27-30-42(13)55(79)54-59(83)69-46(26-2)62(86)71(17)45(16)61(85)76(22)53(50(91-24)36-78-31-28-29-32-78)58(82)70-51(40(9)10)65(89)72(18)47(33-37(3)4)57(81)67-43(14)56(80)68-44(15)60(84)73(19)48(34-38(5)6)63(87)74(20)49(35-39(7)8)64(88)75(21)52(41(11)12)66(90)77(54)23/h25,27,37-55,79H,26,28-36H2,1-24H3,(H,67,81)(H,68,80)(H,69,83)(H,70,82)/b27-25+/t42-,43+,44-,45-,46+,47+,48+,49+,50+,51+,52+,53+,54+,55-/m1/s1. The van der Waals surface area contributed by atoms with Gasteiger partial charge in [-0.25, -0.2) is 0 Å². The number of carbonyl (C=O) groups is 11. The third-order valence-corrected chi connectivity index (χ3v) is 18.1. The van der Waals surface area contributed by atoms with Gasteiger partial charge in [0, 0.05) is 63.0 Å². The van der Waals surface area contributed by atoms with Crippen molar-refractivity contribution >= 4 is 65.0 Å². The lowest BCUT2D eigenvalue weighted by Crippen LogP contribution is -2.64. The van der Waals surface area contributed by atoms with Crippen molar-refractivity contribution in [3.8, 4) is 0 Å². The van der Waals surface area contributed by atoms with Crippen LogP contribution in [-0.2, 0) is 57.5 Å². The molecule has 0 aromatic heterocycles. The Morgan fingerprint density at radius 3 is 1.42 bits per heavy atom. The van der Waals surface area contributed by atoms with E-state index in [4.69, 9.17) is 4.74 Å². The van der Waals surface area contributed by atoms with E-state index in [1.165, 1.54) is 102 Å². The van der Waals surface area contributed by atoms with E-state index < -0.39 is 161 Å². The number of carbonyl (C=O) groups excluding carboxylic acids is 11.